The molecule has 0 aliphatic carbocycles. The quantitative estimate of drug-likeness (QED) is 0.802. The third kappa shape index (κ3) is 2.26. The van der Waals surface area contributed by atoms with E-state index in [0.29, 0.717) is 17.0 Å². The fourth-order valence-electron chi connectivity index (χ4n) is 1.38. The number of hydrogen-bond donors (Lipinski definition) is 0. The van der Waals surface area contributed by atoms with Crippen LogP contribution in [0.1, 0.15) is 30.1 Å². The summed E-state index contributed by atoms with van der Waals surface area (Å²) in [6, 6.07) is 10.1. The highest BCUT2D eigenvalue weighted by Crippen LogP contribution is 2.22. The van der Waals surface area contributed by atoms with E-state index >= 15 is 0 Å². The van der Waals surface area contributed by atoms with Gasteiger partial charge in [0.2, 0.25) is 5.89 Å². The van der Waals surface area contributed by atoms with E-state index in [1.807, 2.05) is 18.2 Å². The first kappa shape index (κ1) is 10.4. The number of halogens is 1. The maximum absolute atomic E-state index is 5.18. The van der Waals surface area contributed by atoms with Crippen molar-refractivity contribution in [1.29, 1.82) is 0 Å². The van der Waals surface area contributed by atoms with E-state index in [1.165, 1.54) is 5.56 Å². The van der Waals surface area contributed by atoms with Crippen LogP contribution in [0.2, 0.25) is 0 Å². The predicted molar refractivity (Wildman–Crippen MR) is 60.9 cm³/mol. The standard InChI is InChI=1S/C11H11BrN2O/c1-8(9-5-3-2-4-6-9)11-13-10(7-12)14-15-11/h2-6,8H,7H2,1H3. The van der Waals surface area contributed by atoms with E-state index in [1.54, 1.807) is 0 Å². The molecule has 0 aliphatic heterocycles. The van der Waals surface area contributed by atoms with Crippen LogP contribution in [0.4, 0.5) is 0 Å². The second-order valence-electron chi connectivity index (χ2n) is 3.31. The van der Waals surface area contributed by atoms with Crippen LogP contribution in [0, 0.1) is 0 Å². The molecule has 78 valence electrons. The molecule has 0 saturated carbocycles. The molecule has 1 unspecified atom stereocenters. The van der Waals surface area contributed by atoms with Crippen molar-refractivity contribution in [2.45, 2.75) is 18.2 Å². The lowest BCUT2D eigenvalue weighted by Crippen LogP contribution is -1.96. The highest BCUT2D eigenvalue weighted by Gasteiger charge is 2.15. The fourth-order valence-corrected chi connectivity index (χ4v) is 1.61. The normalized spacial score (nSPS) is 12.7. The summed E-state index contributed by atoms with van der Waals surface area (Å²) in [7, 11) is 0. The van der Waals surface area contributed by atoms with Gasteiger partial charge in [-0.25, -0.2) is 0 Å². The van der Waals surface area contributed by atoms with Gasteiger partial charge in [-0.2, -0.15) is 4.98 Å². The second kappa shape index (κ2) is 4.57. The number of alkyl halides is 1. The largest absolute Gasteiger partial charge is 0.339 e. The molecule has 0 radical (unpaired) electrons. The van der Waals surface area contributed by atoms with Gasteiger partial charge in [-0.15, -0.1) is 0 Å². The van der Waals surface area contributed by atoms with Gasteiger partial charge in [0, 0.05) is 0 Å². The molecule has 0 spiro atoms. The van der Waals surface area contributed by atoms with E-state index in [0.717, 1.165) is 0 Å². The Kier molecular flexibility index (Phi) is 3.16. The molecule has 0 bridgehead atoms. The molecule has 0 N–H and O–H groups in total. The Morgan fingerprint density at radius 2 is 2.07 bits per heavy atom. The van der Waals surface area contributed by atoms with E-state index < -0.39 is 0 Å². The number of nitrogens with zero attached hydrogens (tertiary/aromatic N) is 2. The summed E-state index contributed by atoms with van der Waals surface area (Å²) in [5, 5.41) is 4.47. The summed E-state index contributed by atoms with van der Waals surface area (Å²) in [4.78, 5) is 4.28. The SMILES string of the molecule is CC(c1ccccc1)c1nc(CBr)no1. The van der Waals surface area contributed by atoms with E-state index in [-0.39, 0.29) is 5.92 Å². The van der Waals surface area contributed by atoms with Gasteiger partial charge in [0.05, 0.1) is 11.2 Å². The minimum Gasteiger partial charge on any atom is -0.339 e. The molecule has 1 aromatic heterocycles. The zero-order chi connectivity index (χ0) is 10.7. The Labute approximate surface area is 96.6 Å². The zero-order valence-corrected chi connectivity index (χ0v) is 9.94. The highest BCUT2D eigenvalue weighted by atomic mass is 79.9. The van der Waals surface area contributed by atoms with Crippen molar-refractivity contribution in [3.8, 4) is 0 Å². The Morgan fingerprint density at radius 3 is 2.67 bits per heavy atom. The van der Waals surface area contributed by atoms with Crippen LogP contribution in [0.25, 0.3) is 0 Å². The maximum atomic E-state index is 5.18. The Morgan fingerprint density at radius 1 is 1.33 bits per heavy atom. The molecule has 0 aliphatic rings. The molecule has 4 heteroatoms. The lowest BCUT2D eigenvalue weighted by molar-refractivity contribution is 0.367. The fraction of sp³-hybridized carbons (Fsp3) is 0.273. The van der Waals surface area contributed by atoms with Crippen LogP contribution >= 0.6 is 15.9 Å². The zero-order valence-electron chi connectivity index (χ0n) is 8.35. The van der Waals surface area contributed by atoms with Crippen molar-refractivity contribution in [2.24, 2.45) is 0 Å². The molecule has 1 atom stereocenters. The van der Waals surface area contributed by atoms with Crippen molar-refractivity contribution in [1.82, 2.24) is 10.1 Å². The molecule has 15 heavy (non-hydrogen) atoms. The molecule has 3 nitrogen and oxygen atoms in total. The van der Waals surface area contributed by atoms with Crippen LogP contribution in [0.3, 0.4) is 0 Å². The third-order valence-electron chi connectivity index (χ3n) is 2.27. The van der Waals surface area contributed by atoms with Gasteiger partial charge in [-0.1, -0.05) is 51.4 Å². The topological polar surface area (TPSA) is 38.9 Å². The Hall–Kier alpha value is -1.16. The molecule has 2 rings (SSSR count). The minimum atomic E-state index is 0.145. The summed E-state index contributed by atoms with van der Waals surface area (Å²) in [6.45, 7) is 2.06. The van der Waals surface area contributed by atoms with Gasteiger partial charge in [0.15, 0.2) is 5.82 Å². The first-order chi connectivity index (χ1) is 7.31. The van der Waals surface area contributed by atoms with Gasteiger partial charge in [0.25, 0.3) is 0 Å². The first-order valence-corrected chi connectivity index (χ1v) is 5.87. The van der Waals surface area contributed by atoms with E-state index in [2.05, 4.69) is 45.1 Å². The van der Waals surface area contributed by atoms with Gasteiger partial charge < -0.3 is 4.52 Å². The van der Waals surface area contributed by atoms with E-state index in [4.69, 9.17) is 4.52 Å². The first-order valence-electron chi connectivity index (χ1n) is 4.74. The number of benzene rings is 1. The summed E-state index contributed by atoms with van der Waals surface area (Å²) in [5.41, 5.74) is 1.18. The van der Waals surface area contributed by atoms with Crippen molar-refractivity contribution in [3.63, 3.8) is 0 Å². The van der Waals surface area contributed by atoms with Gasteiger partial charge in [-0.3, -0.25) is 0 Å². The van der Waals surface area contributed by atoms with Gasteiger partial charge in [0.1, 0.15) is 0 Å². The van der Waals surface area contributed by atoms with Crippen LogP contribution in [-0.2, 0) is 5.33 Å². The van der Waals surface area contributed by atoms with Gasteiger partial charge >= 0.3 is 0 Å². The Bertz CT molecular complexity index is 427. The highest BCUT2D eigenvalue weighted by molar-refractivity contribution is 9.08. The summed E-state index contributed by atoms with van der Waals surface area (Å²) in [6.07, 6.45) is 0. The maximum Gasteiger partial charge on any atom is 0.233 e. The predicted octanol–water partition coefficient (Wildman–Crippen LogP) is 3.12. The molecule has 1 aromatic carbocycles. The monoisotopic (exact) mass is 266 g/mol. The lowest BCUT2D eigenvalue weighted by atomic mass is 10.0. The van der Waals surface area contributed by atoms with Crippen molar-refractivity contribution in [2.75, 3.05) is 0 Å². The van der Waals surface area contributed by atoms with Crippen molar-refractivity contribution in [3.05, 3.63) is 47.6 Å². The van der Waals surface area contributed by atoms with Crippen LogP contribution in [-0.4, -0.2) is 10.1 Å². The molecule has 2 aromatic rings. The number of rotatable bonds is 3. The second-order valence-corrected chi connectivity index (χ2v) is 3.88. The summed E-state index contributed by atoms with van der Waals surface area (Å²) >= 11 is 3.29. The molecule has 0 amide bonds. The summed E-state index contributed by atoms with van der Waals surface area (Å²) in [5.74, 6) is 1.50. The number of aromatic nitrogens is 2. The average Bonchev–Trinajstić information content (AvgIpc) is 2.78. The minimum absolute atomic E-state index is 0.145. The molecular weight excluding hydrogens is 256 g/mol. The van der Waals surface area contributed by atoms with Gasteiger partial charge in [-0.05, 0) is 12.5 Å². The van der Waals surface area contributed by atoms with Crippen LogP contribution < -0.4 is 0 Å². The number of hydrogen-bond acceptors (Lipinski definition) is 3. The lowest BCUT2D eigenvalue weighted by Gasteiger charge is -2.05. The average molecular weight is 267 g/mol. The Balaban J connectivity index is 2.24. The van der Waals surface area contributed by atoms with Crippen LogP contribution in [0.5, 0.6) is 0 Å². The molecule has 0 fully saturated rings. The summed E-state index contributed by atoms with van der Waals surface area (Å²) < 4.78 is 5.18. The third-order valence-corrected chi connectivity index (χ3v) is 2.77. The smallest absolute Gasteiger partial charge is 0.233 e. The molecule has 0 saturated heterocycles. The van der Waals surface area contributed by atoms with E-state index in [9.17, 15) is 0 Å². The van der Waals surface area contributed by atoms with Crippen molar-refractivity contribution < 1.29 is 4.52 Å². The molecular formula is C11H11BrN2O. The van der Waals surface area contributed by atoms with Crippen LogP contribution in [0.15, 0.2) is 34.9 Å². The molecule has 1 heterocycles. The van der Waals surface area contributed by atoms with Crippen molar-refractivity contribution >= 4 is 15.9 Å².